The number of benzene rings is 2. The van der Waals surface area contributed by atoms with Gasteiger partial charge in [0, 0.05) is 28.1 Å². The second kappa shape index (κ2) is 8.88. The quantitative estimate of drug-likeness (QED) is 0.201. The maximum absolute atomic E-state index is 13.1. The first-order chi connectivity index (χ1) is 15.4. The number of aryl methyl sites for hydroxylation is 2. The summed E-state index contributed by atoms with van der Waals surface area (Å²) >= 11 is 3.39. The van der Waals surface area contributed by atoms with Crippen molar-refractivity contribution in [2.75, 3.05) is 0 Å². The molecule has 0 radical (unpaired) electrons. The smallest absolute Gasteiger partial charge is 0.282 e. The zero-order valence-corrected chi connectivity index (χ0v) is 19.0. The average Bonchev–Trinajstić information content (AvgIpc) is 3.23. The lowest BCUT2D eigenvalue weighted by Crippen LogP contribution is -2.22. The fraction of sp³-hybridized carbons (Fsp3) is 0.174. The molecule has 0 spiro atoms. The van der Waals surface area contributed by atoms with Crippen LogP contribution in [-0.4, -0.2) is 20.8 Å². The van der Waals surface area contributed by atoms with E-state index in [0.29, 0.717) is 45.8 Å². The molecule has 2 heterocycles. The van der Waals surface area contributed by atoms with E-state index in [4.69, 9.17) is 4.42 Å². The number of nitrogens with zero attached hydrogens (tertiary/aromatic N) is 4. The van der Waals surface area contributed by atoms with Gasteiger partial charge in [-0.2, -0.15) is 9.78 Å². The zero-order valence-electron chi connectivity index (χ0n) is 17.4. The van der Waals surface area contributed by atoms with Gasteiger partial charge in [0.1, 0.15) is 17.3 Å². The van der Waals surface area contributed by atoms with Gasteiger partial charge < -0.3 is 4.42 Å². The van der Waals surface area contributed by atoms with Gasteiger partial charge in [0.05, 0.1) is 22.0 Å². The van der Waals surface area contributed by atoms with Crippen molar-refractivity contribution < 1.29 is 9.34 Å². The highest BCUT2D eigenvalue weighted by atomic mass is 79.9. The van der Waals surface area contributed by atoms with E-state index in [1.807, 2.05) is 13.0 Å². The highest BCUT2D eigenvalue weighted by molar-refractivity contribution is 9.10. The summed E-state index contributed by atoms with van der Waals surface area (Å²) in [4.78, 5) is 28.4. The highest BCUT2D eigenvalue weighted by Crippen LogP contribution is 2.28. The summed E-state index contributed by atoms with van der Waals surface area (Å²) in [6.07, 6.45) is 2.84. The van der Waals surface area contributed by atoms with Gasteiger partial charge in [-0.1, -0.05) is 35.0 Å². The van der Waals surface area contributed by atoms with Crippen molar-refractivity contribution in [2.45, 2.75) is 26.7 Å². The summed E-state index contributed by atoms with van der Waals surface area (Å²) in [6.45, 7) is 3.69. The molecule has 0 atom stereocenters. The van der Waals surface area contributed by atoms with Crippen molar-refractivity contribution in [3.63, 3.8) is 0 Å². The Hall–Kier alpha value is -3.59. The molecule has 2 aromatic heterocycles. The van der Waals surface area contributed by atoms with Crippen molar-refractivity contribution in [1.29, 1.82) is 0 Å². The first-order valence-corrected chi connectivity index (χ1v) is 10.8. The van der Waals surface area contributed by atoms with E-state index in [1.165, 1.54) is 17.0 Å². The molecule has 32 heavy (non-hydrogen) atoms. The summed E-state index contributed by atoms with van der Waals surface area (Å²) in [7, 11) is 0. The second-order valence-corrected chi connectivity index (χ2v) is 8.18. The molecule has 2 aromatic carbocycles. The number of aromatic nitrogens is 2. The summed E-state index contributed by atoms with van der Waals surface area (Å²) < 4.78 is 7.87. The van der Waals surface area contributed by atoms with E-state index in [9.17, 15) is 14.9 Å². The number of nitro groups is 1. The van der Waals surface area contributed by atoms with Crippen LogP contribution >= 0.6 is 15.9 Å². The van der Waals surface area contributed by atoms with Gasteiger partial charge in [-0.05, 0) is 43.7 Å². The Bertz CT molecular complexity index is 1420. The van der Waals surface area contributed by atoms with E-state index >= 15 is 0 Å². The first kappa shape index (κ1) is 21.6. The lowest BCUT2D eigenvalue weighted by molar-refractivity contribution is -0.385. The molecule has 4 rings (SSSR count). The predicted molar refractivity (Wildman–Crippen MR) is 126 cm³/mol. The third-order valence-corrected chi connectivity index (χ3v) is 5.46. The van der Waals surface area contributed by atoms with Crippen LogP contribution in [0.3, 0.4) is 0 Å². The fourth-order valence-electron chi connectivity index (χ4n) is 3.35. The van der Waals surface area contributed by atoms with Gasteiger partial charge >= 0.3 is 0 Å². The molecule has 0 saturated carbocycles. The van der Waals surface area contributed by atoms with Crippen LogP contribution in [0.2, 0.25) is 0 Å². The van der Waals surface area contributed by atoms with Gasteiger partial charge in [0.2, 0.25) is 0 Å². The van der Waals surface area contributed by atoms with Crippen LogP contribution in [-0.2, 0) is 6.42 Å². The van der Waals surface area contributed by atoms with E-state index in [1.54, 1.807) is 43.3 Å². The minimum absolute atomic E-state index is 0.0262. The number of hydrogen-bond acceptors (Lipinski definition) is 6. The zero-order chi connectivity index (χ0) is 22.8. The molecular weight excluding hydrogens is 476 g/mol. The maximum atomic E-state index is 13.1. The minimum atomic E-state index is -0.420. The van der Waals surface area contributed by atoms with Crippen molar-refractivity contribution in [1.82, 2.24) is 9.66 Å². The number of hydrogen-bond donors (Lipinski definition) is 0. The van der Waals surface area contributed by atoms with Crippen LogP contribution in [0.4, 0.5) is 5.69 Å². The number of fused-ring (bicyclic) bond motifs is 1. The van der Waals surface area contributed by atoms with E-state index in [2.05, 4.69) is 26.0 Å². The molecule has 0 aliphatic heterocycles. The van der Waals surface area contributed by atoms with Gasteiger partial charge in [0.15, 0.2) is 0 Å². The van der Waals surface area contributed by atoms with Gasteiger partial charge in [0.25, 0.3) is 11.2 Å². The maximum Gasteiger partial charge on any atom is 0.282 e. The number of halogens is 1. The molecule has 4 aromatic rings. The number of furan rings is 1. The average molecular weight is 495 g/mol. The molecule has 0 aliphatic rings. The van der Waals surface area contributed by atoms with Crippen LogP contribution in [0.5, 0.6) is 0 Å². The molecule has 0 unspecified atom stereocenters. The molecular formula is C23H19BrN4O4. The largest absolute Gasteiger partial charge is 0.455 e. The van der Waals surface area contributed by atoms with Gasteiger partial charge in [-0.25, -0.2) is 4.98 Å². The minimum Gasteiger partial charge on any atom is -0.455 e. The number of rotatable bonds is 6. The molecule has 8 nitrogen and oxygen atoms in total. The van der Waals surface area contributed by atoms with Crippen molar-refractivity contribution in [3.8, 4) is 11.3 Å². The molecule has 0 N–H and O–H groups in total. The van der Waals surface area contributed by atoms with Crippen molar-refractivity contribution in [3.05, 3.63) is 90.6 Å². The fourth-order valence-corrected chi connectivity index (χ4v) is 3.71. The molecule has 162 valence electrons. The van der Waals surface area contributed by atoms with Crippen LogP contribution in [0.1, 0.15) is 30.5 Å². The molecule has 9 heteroatoms. The first-order valence-electron chi connectivity index (χ1n) is 9.98. The van der Waals surface area contributed by atoms with E-state index < -0.39 is 4.92 Å². The normalized spacial score (nSPS) is 11.5. The van der Waals surface area contributed by atoms with Crippen LogP contribution in [0.25, 0.3) is 22.2 Å². The molecule has 0 aliphatic carbocycles. The third kappa shape index (κ3) is 4.24. The Balaban J connectivity index is 1.71. The summed E-state index contributed by atoms with van der Waals surface area (Å²) in [6, 6.07) is 13.7. The molecule has 0 fully saturated rings. The Morgan fingerprint density at radius 3 is 2.78 bits per heavy atom. The molecule has 0 saturated heterocycles. The summed E-state index contributed by atoms with van der Waals surface area (Å²) in [5, 5.41) is 16.0. The van der Waals surface area contributed by atoms with Gasteiger partial charge in [-0.15, -0.1) is 0 Å². The predicted octanol–water partition coefficient (Wildman–Crippen LogP) is 5.47. The van der Waals surface area contributed by atoms with Crippen molar-refractivity contribution >= 4 is 38.7 Å². The number of nitro benzene ring substituents is 1. The molecule has 0 bridgehead atoms. The lowest BCUT2D eigenvalue weighted by Gasteiger charge is -2.08. The highest BCUT2D eigenvalue weighted by Gasteiger charge is 2.14. The van der Waals surface area contributed by atoms with Gasteiger partial charge in [-0.3, -0.25) is 14.9 Å². The summed E-state index contributed by atoms with van der Waals surface area (Å²) in [5.74, 6) is 1.44. The third-order valence-electron chi connectivity index (χ3n) is 4.97. The second-order valence-electron chi connectivity index (χ2n) is 7.26. The Morgan fingerprint density at radius 1 is 1.22 bits per heavy atom. The van der Waals surface area contributed by atoms with Crippen LogP contribution in [0, 0.1) is 17.0 Å². The monoisotopic (exact) mass is 494 g/mol. The summed E-state index contributed by atoms with van der Waals surface area (Å²) in [5.41, 5.74) is 1.54. The standard InChI is InChI=1S/C23H19BrN4O4/c1-3-4-22-26-19-9-7-16(24)12-18(19)23(29)27(22)25-13-17-8-10-21(32-17)15-6-5-14(2)20(11-15)28(30)31/h5-13H,3-4H2,1-2H3. The van der Waals surface area contributed by atoms with Crippen LogP contribution in [0.15, 0.2) is 67.3 Å². The SMILES string of the molecule is CCCc1nc2ccc(Br)cc2c(=O)n1N=Cc1ccc(-c2ccc(C)c([N+](=O)[O-])c2)o1. The van der Waals surface area contributed by atoms with E-state index in [0.717, 1.165) is 10.9 Å². The lowest BCUT2D eigenvalue weighted by atomic mass is 10.1. The molecule has 0 amide bonds. The van der Waals surface area contributed by atoms with Crippen LogP contribution < -0.4 is 5.56 Å². The van der Waals surface area contributed by atoms with Crippen molar-refractivity contribution in [2.24, 2.45) is 5.10 Å². The van der Waals surface area contributed by atoms with E-state index in [-0.39, 0.29) is 11.2 Å². The Kier molecular flexibility index (Phi) is 6.00. The Labute approximate surface area is 191 Å². The Morgan fingerprint density at radius 2 is 2.03 bits per heavy atom. The topological polar surface area (TPSA) is 104 Å².